The van der Waals surface area contributed by atoms with Crippen LogP contribution in [0.2, 0.25) is 5.28 Å². The lowest BCUT2D eigenvalue weighted by Crippen LogP contribution is -1.93. The lowest BCUT2D eigenvalue weighted by molar-refractivity contribution is 1.18. The average molecular weight is 343 g/mol. The molecule has 1 heterocycles. The number of hydrogen-bond acceptors (Lipinski definition) is 2. The van der Waals surface area contributed by atoms with Gasteiger partial charge in [0.15, 0.2) is 0 Å². The summed E-state index contributed by atoms with van der Waals surface area (Å²) in [5.74, 6) is 0. The van der Waals surface area contributed by atoms with Gasteiger partial charge in [0.25, 0.3) is 0 Å². The molecule has 4 aromatic rings. The minimum atomic E-state index is 0.249. The summed E-state index contributed by atoms with van der Waals surface area (Å²) in [4.78, 5) is 8.86. The minimum absolute atomic E-state index is 0.249. The van der Waals surface area contributed by atoms with Crippen molar-refractivity contribution in [3.8, 4) is 33.6 Å². The van der Waals surface area contributed by atoms with Gasteiger partial charge in [-0.3, -0.25) is 0 Å². The van der Waals surface area contributed by atoms with Crippen molar-refractivity contribution in [2.24, 2.45) is 0 Å². The van der Waals surface area contributed by atoms with Crippen molar-refractivity contribution in [2.75, 3.05) is 0 Å². The van der Waals surface area contributed by atoms with Crippen molar-refractivity contribution in [1.29, 1.82) is 0 Å². The van der Waals surface area contributed by atoms with Gasteiger partial charge in [0, 0.05) is 11.1 Å². The summed E-state index contributed by atoms with van der Waals surface area (Å²) in [5, 5.41) is 0.249. The Labute approximate surface area is 151 Å². The number of halogens is 1. The minimum Gasteiger partial charge on any atom is -0.218 e. The largest absolute Gasteiger partial charge is 0.223 e. The molecule has 0 fully saturated rings. The Kier molecular flexibility index (Phi) is 4.28. The number of benzene rings is 3. The molecule has 0 saturated carbocycles. The fourth-order valence-electron chi connectivity index (χ4n) is 2.89. The van der Waals surface area contributed by atoms with Gasteiger partial charge in [-0.25, -0.2) is 9.97 Å². The van der Waals surface area contributed by atoms with Crippen LogP contribution in [0.1, 0.15) is 0 Å². The highest BCUT2D eigenvalue weighted by Crippen LogP contribution is 2.33. The summed E-state index contributed by atoms with van der Waals surface area (Å²) in [6.45, 7) is 0. The molecule has 120 valence electrons. The molecule has 0 unspecified atom stereocenters. The van der Waals surface area contributed by atoms with E-state index in [4.69, 9.17) is 11.6 Å². The lowest BCUT2D eigenvalue weighted by Gasteiger charge is -2.11. The molecule has 0 amide bonds. The van der Waals surface area contributed by atoms with E-state index in [1.165, 1.54) is 0 Å². The van der Waals surface area contributed by atoms with Crippen molar-refractivity contribution >= 4 is 11.6 Å². The first kappa shape index (κ1) is 15.6. The van der Waals surface area contributed by atoms with Crippen LogP contribution in [0.5, 0.6) is 0 Å². The van der Waals surface area contributed by atoms with E-state index in [9.17, 15) is 0 Å². The normalized spacial score (nSPS) is 10.6. The van der Waals surface area contributed by atoms with Gasteiger partial charge in [0.05, 0.1) is 11.4 Å². The smallest absolute Gasteiger partial charge is 0.218 e. The second-order valence-electron chi connectivity index (χ2n) is 5.69. The maximum Gasteiger partial charge on any atom is 0.223 e. The van der Waals surface area contributed by atoms with Crippen LogP contribution in [0.25, 0.3) is 33.6 Å². The average Bonchev–Trinajstić information content (AvgIpc) is 2.69. The number of aromatic nitrogens is 2. The van der Waals surface area contributed by atoms with Crippen molar-refractivity contribution < 1.29 is 0 Å². The monoisotopic (exact) mass is 342 g/mol. The van der Waals surface area contributed by atoms with Crippen LogP contribution in [0.3, 0.4) is 0 Å². The molecular formula is C22H15ClN2. The van der Waals surface area contributed by atoms with Crippen molar-refractivity contribution in [2.45, 2.75) is 0 Å². The van der Waals surface area contributed by atoms with E-state index in [0.29, 0.717) is 0 Å². The molecule has 4 rings (SSSR count). The van der Waals surface area contributed by atoms with Crippen molar-refractivity contribution in [1.82, 2.24) is 9.97 Å². The van der Waals surface area contributed by atoms with E-state index >= 15 is 0 Å². The Bertz CT molecular complexity index is 999. The van der Waals surface area contributed by atoms with Crippen LogP contribution < -0.4 is 0 Å². The van der Waals surface area contributed by atoms with Crippen LogP contribution in [-0.4, -0.2) is 9.97 Å². The summed E-state index contributed by atoms with van der Waals surface area (Å²) in [6.07, 6.45) is 0. The Morgan fingerprint density at radius 1 is 0.520 bits per heavy atom. The maximum absolute atomic E-state index is 6.23. The van der Waals surface area contributed by atoms with Crippen LogP contribution in [0.4, 0.5) is 0 Å². The number of rotatable bonds is 3. The van der Waals surface area contributed by atoms with Crippen LogP contribution in [-0.2, 0) is 0 Å². The highest BCUT2D eigenvalue weighted by Gasteiger charge is 2.11. The van der Waals surface area contributed by atoms with Gasteiger partial charge < -0.3 is 0 Å². The van der Waals surface area contributed by atoms with E-state index in [1.807, 2.05) is 66.7 Å². The van der Waals surface area contributed by atoms with Gasteiger partial charge in [-0.15, -0.1) is 0 Å². The van der Waals surface area contributed by atoms with Gasteiger partial charge in [-0.1, -0.05) is 84.9 Å². The molecule has 0 aliphatic rings. The molecule has 0 spiro atoms. The lowest BCUT2D eigenvalue weighted by atomic mass is 9.97. The van der Waals surface area contributed by atoms with E-state index < -0.39 is 0 Å². The standard InChI is InChI=1S/C22H15ClN2/c23-22-24-20(17-11-5-2-6-12-17)15-21(25-22)19-14-8-7-13-18(19)16-9-3-1-4-10-16/h1-15H. The second kappa shape index (κ2) is 6.88. The SMILES string of the molecule is Clc1nc(-c2ccccc2)cc(-c2ccccc2-c2ccccc2)n1. The summed E-state index contributed by atoms with van der Waals surface area (Å²) in [6, 6.07) is 30.5. The molecule has 3 aromatic carbocycles. The molecule has 0 atom stereocenters. The predicted molar refractivity (Wildman–Crippen MR) is 103 cm³/mol. The number of hydrogen-bond donors (Lipinski definition) is 0. The van der Waals surface area contributed by atoms with Crippen molar-refractivity contribution in [3.63, 3.8) is 0 Å². The second-order valence-corrected chi connectivity index (χ2v) is 6.02. The molecule has 0 aliphatic heterocycles. The third-order valence-corrected chi connectivity index (χ3v) is 4.23. The Balaban J connectivity index is 1.88. The molecule has 0 saturated heterocycles. The fraction of sp³-hybridized carbons (Fsp3) is 0. The zero-order chi connectivity index (χ0) is 17.1. The third-order valence-electron chi connectivity index (χ3n) is 4.06. The van der Waals surface area contributed by atoms with E-state index in [1.54, 1.807) is 0 Å². The summed E-state index contributed by atoms with van der Waals surface area (Å²) >= 11 is 6.23. The molecule has 0 aliphatic carbocycles. The van der Waals surface area contributed by atoms with E-state index in [0.717, 1.165) is 33.6 Å². The predicted octanol–water partition coefficient (Wildman–Crippen LogP) is 6.13. The topological polar surface area (TPSA) is 25.8 Å². The van der Waals surface area contributed by atoms with Gasteiger partial charge in [0.1, 0.15) is 0 Å². The molecule has 0 N–H and O–H groups in total. The quantitative estimate of drug-likeness (QED) is 0.418. The third kappa shape index (κ3) is 3.30. The highest BCUT2D eigenvalue weighted by molar-refractivity contribution is 6.28. The molecular weight excluding hydrogens is 328 g/mol. The molecule has 2 nitrogen and oxygen atoms in total. The fourth-order valence-corrected chi connectivity index (χ4v) is 3.07. The summed E-state index contributed by atoms with van der Waals surface area (Å²) < 4.78 is 0. The Morgan fingerprint density at radius 3 is 1.72 bits per heavy atom. The first-order chi connectivity index (χ1) is 12.3. The van der Waals surface area contributed by atoms with Gasteiger partial charge in [-0.2, -0.15) is 0 Å². The zero-order valence-electron chi connectivity index (χ0n) is 13.4. The first-order valence-electron chi connectivity index (χ1n) is 8.06. The Morgan fingerprint density at radius 2 is 1.04 bits per heavy atom. The molecule has 3 heteroatoms. The highest BCUT2D eigenvalue weighted by atomic mass is 35.5. The van der Waals surface area contributed by atoms with Gasteiger partial charge in [-0.05, 0) is 28.8 Å². The van der Waals surface area contributed by atoms with Gasteiger partial charge >= 0.3 is 0 Å². The summed E-state index contributed by atoms with van der Waals surface area (Å²) in [7, 11) is 0. The molecule has 0 bridgehead atoms. The van der Waals surface area contributed by atoms with Crippen LogP contribution >= 0.6 is 11.6 Å². The van der Waals surface area contributed by atoms with Gasteiger partial charge in [0.2, 0.25) is 5.28 Å². The van der Waals surface area contributed by atoms with E-state index in [2.05, 4.69) is 34.2 Å². The van der Waals surface area contributed by atoms with Crippen LogP contribution in [0.15, 0.2) is 91.0 Å². The molecule has 25 heavy (non-hydrogen) atoms. The Hall–Kier alpha value is -2.97. The first-order valence-corrected chi connectivity index (χ1v) is 8.44. The number of nitrogens with zero attached hydrogens (tertiary/aromatic N) is 2. The van der Waals surface area contributed by atoms with Crippen LogP contribution in [0, 0.1) is 0 Å². The maximum atomic E-state index is 6.23. The van der Waals surface area contributed by atoms with Crippen molar-refractivity contribution in [3.05, 3.63) is 96.3 Å². The molecule has 1 aromatic heterocycles. The summed E-state index contributed by atoms with van der Waals surface area (Å²) in [5.41, 5.74) is 5.96. The van der Waals surface area contributed by atoms with E-state index in [-0.39, 0.29) is 5.28 Å². The zero-order valence-corrected chi connectivity index (χ0v) is 14.2. The molecule has 0 radical (unpaired) electrons.